The summed E-state index contributed by atoms with van der Waals surface area (Å²) in [4.78, 5) is -0.171. The lowest BCUT2D eigenvalue weighted by Gasteiger charge is -2.37. The van der Waals surface area contributed by atoms with Crippen molar-refractivity contribution in [1.29, 1.82) is 0 Å². The summed E-state index contributed by atoms with van der Waals surface area (Å²) in [6.45, 7) is 4.24. The summed E-state index contributed by atoms with van der Waals surface area (Å²) in [5.41, 5.74) is 5.23. The molecule has 8 heteroatoms. The molecule has 118 valence electrons. The molecule has 1 heterocycles. The first kappa shape index (κ1) is 16.5. The van der Waals surface area contributed by atoms with Crippen LogP contribution < -0.4 is 5.73 Å². The normalized spacial score (nSPS) is 24.2. The van der Waals surface area contributed by atoms with Crippen LogP contribution >= 0.6 is 11.6 Å². The van der Waals surface area contributed by atoms with E-state index >= 15 is 0 Å². The zero-order chi connectivity index (χ0) is 15.8. The zero-order valence-corrected chi connectivity index (χ0v) is 13.4. The van der Waals surface area contributed by atoms with Crippen LogP contribution in [0.5, 0.6) is 0 Å². The number of nitrogens with two attached hydrogens (primary N) is 1. The highest BCUT2D eigenvalue weighted by Crippen LogP contribution is 2.31. The lowest BCUT2D eigenvalue weighted by molar-refractivity contribution is -0.0230. The van der Waals surface area contributed by atoms with Crippen LogP contribution in [0.25, 0.3) is 0 Å². The number of ether oxygens (including phenoxy) is 1. The van der Waals surface area contributed by atoms with Crippen LogP contribution in [0.15, 0.2) is 17.0 Å². The number of hydrogen-bond acceptors (Lipinski definition) is 4. The second-order valence-corrected chi connectivity index (χ2v) is 7.35. The average Bonchev–Trinajstić information content (AvgIpc) is 2.42. The summed E-state index contributed by atoms with van der Waals surface area (Å²) in [5, 5.41) is -0.171. The van der Waals surface area contributed by atoms with Gasteiger partial charge in [-0.05, 0) is 25.5 Å². The summed E-state index contributed by atoms with van der Waals surface area (Å²) in [5.74, 6) is -0.735. The van der Waals surface area contributed by atoms with Crippen LogP contribution in [0.3, 0.4) is 0 Å². The van der Waals surface area contributed by atoms with E-state index < -0.39 is 15.8 Å². The molecule has 0 radical (unpaired) electrons. The van der Waals surface area contributed by atoms with Gasteiger partial charge in [0.05, 0.1) is 23.4 Å². The number of hydrogen-bond donors (Lipinski definition) is 1. The Balaban J connectivity index is 2.47. The van der Waals surface area contributed by atoms with Crippen molar-refractivity contribution in [3.63, 3.8) is 0 Å². The van der Waals surface area contributed by atoms with Crippen LogP contribution in [-0.4, -0.2) is 38.0 Å². The molecule has 0 aliphatic carbocycles. The number of morpholine rings is 1. The molecule has 2 N–H and O–H groups in total. The molecule has 5 nitrogen and oxygen atoms in total. The van der Waals surface area contributed by atoms with Crippen molar-refractivity contribution in [2.45, 2.75) is 37.3 Å². The van der Waals surface area contributed by atoms with Crippen LogP contribution in [0.4, 0.5) is 10.1 Å². The van der Waals surface area contributed by atoms with E-state index in [-0.39, 0.29) is 34.3 Å². The quantitative estimate of drug-likeness (QED) is 0.859. The third-order valence-corrected chi connectivity index (χ3v) is 5.91. The van der Waals surface area contributed by atoms with Crippen molar-refractivity contribution in [2.75, 3.05) is 18.9 Å². The monoisotopic (exact) mass is 336 g/mol. The van der Waals surface area contributed by atoms with Gasteiger partial charge in [-0.25, -0.2) is 12.8 Å². The second-order valence-electron chi connectivity index (χ2n) is 5.08. The number of nitrogens with zero attached hydrogens (tertiary/aromatic N) is 1. The lowest BCUT2D eigenvalue weighted by Crippen LogP contribution is -2.51. The predicted octanol–water partition coefficient (Wildman–Crippen LogP) is 2.25. The molecule has 1 aromatic rings. The summed E-state index contributed by atoms with van der Waals surface area (Å²) in [6.07, 6.45) is 0.402. The van der Waals surface area contributed by atoms with Crippen molar-refractivity contribution < 1.29 is 17.5 Å². The van der Waals surface area contributed by atoms with Crippen molar-refractivity contribution in [1.82, 2.24) is 4.31 Å². The lowest BCUT2D eigenvalue weighted by atomic mass is 10.2. The Hall–Kier alpha value is -0.890. The molecule has 2 unspecified atom stereocenters. The topological polar surface area (TPSA) is 72.6 Å². The summed E-state index contributed by atoms with van der Waals surface area (Å²) >= 11 is 5.90. The standard InChI is InChI=1S/C13H18ClFN2O3S/c1-3-9-7-20-8(2)6-17(9)21(18,19)13-5-12(16)11(15)4-10(13)14/h4-5,8-9H,3,6-7,16H2,1-2H3. The van der Waals surface area contributed by atoms with Crippen LogP contribution in [0, 0.1) is 5.82 Å². The van der Waals surface area contributed by atoms with Gasteiger partial charge in [0.15, 0.2) is 0 Å². The average molecular weight is 337 g/mol. The Morgan fingerprint density at radius 3 is 2.81 bits per heavy atom. The molecule has 0 amide bonds. The minimum absolute atomic E-state index is 0.171. The van der Waals surface area contributed by atoms with Gasteiger partial charge < -0.3 is 10.5 Å². The van der Waals surface area contributed by atoms with E-state index in [9.17, 15) is 12.8 Å². The molecule has 0 aromatic heterocycles. The smallest absolute Gasteiger partial charge is 0.245 e. The fourth-order valence-corrected chi connectivity index (χ4v) is 4.58. The highest BCUT2D eigenvalue weighted by molar-refractivity contribution is 7.89. The fourth-order valence-electron chi connectivity index (χ4n) is 2.30. The third-order valence-electron chi connectivity index (χ3n) is 3.53. The van der Waals surface area contributed by atoms with Gasteiger partial charge in [0.1, 0.15) is 10.7 Å². The molecular formula is C13H18ClFN2O3S. The Labute approximate surface area is 128 Å². The van der Waals surface area contributed by atoms with Gasteiger partial charge in [0.2, 0.25) is 10.0 Å². The van der Waals surface area contributed by atoms with Crippen molar-refractivity contribution in [3.05, 3.63) is 23.0 Å². The number of benzene rings is 1. The molecule has 0 spiro atoms. The van der Waals surface area contributed by atoms with Crippen LogP contribution in [-0.2, 0) is 14.8 Å². The Kier molecular flexibility index (Phi) is 4.77. The number of sulfonamides is 1. The van der Waals surface area contributed by atoms with Gasteiger partial charge >= 0.3 is 0 Å². The highest BCUT2D eigenvalue weighted by Gasteiger charge is 2.36. The van der Waals surface area contributed by atoms with E-state index in [1.165, 1.54) is 4.31 Å². The predicted molar refractivity (Wildman–Crippen MR) is 79.2 cm³/mol. The first-order valence-electron chi connectivity index (χ1n) is 6.65. The van der Waals surface area contributed by atoms with Gasteiger partial charge in [-0.15, -0.1) is 0 Å². The van der Waals surface area contributed by atoms with E-state index in [4.69, 9.17) is 22.1 Å². The Bertz CT molecular complexity index is 639. The van der Waals surface area contributed by atoms with Crippen molar-refractivity contribution in [2.24, 2.45) is 0 Å². The zero-order valence-electron chi connectivity index (χ0n) is 11.8. The van der Waals surface area contributed by atoms with Gasteiger partial charge in [-0.2, -0.15) is 4.31 Å². The molecule has 1 aliphatic rings. The first-order chi connectivity index (χ1) is 9.77. The van der Waals surface area contributed by atoms with E-state index in [1.807, 2.05) is 6.92 Å². The molecule has 1 aliphatic heterocycles. The molecule has 2 rings (SSSR count). The summed E-state index contributed by atoms with van der Waals surface area (Å²) < 4.78 is 45.8. The molecule has 1 saturated heterocycles. The largest absolute Gasteiger partial charge is 0.396 e. The molecular weight excluding hydrogens is 319 g/mol. The maximum absolute atomic E-state index is 13.4. The summed E-state index contributed by atoms with van der Waals surface area (Å²) in [6, 6.07) is 1.72. The van der Waals surface area contributed by atoms with Crippen molar-refractivity contribution in [3.8, 4) is 0 Å². The van der Waals surface area contributed by atoms with Crippen molar-refractivity contribution >= 4 is 27.3 Å². The van der Waals surface area contributed by atoms with E-state index in [2.05, 4.69) is 0 Å². The number of halogens is 2. The summed E-state index contributed by atoms with van der Waals surface area (Å²) in [7, 11) is -3.85. The first-order valence-corrected chi connectivity index (χ1v) is 8.47. The Morgan fingerprint density at radius 2 is 2.19 bits per heavy atom. The SMILES string of the molecule is CCC1COC(C)CN1S(=O)(=O)c1cc(N)c(F)cc1Cl. The van der Waals surface area contributed by atoms with Gasteiger partial charge in [-0.1, -0.05) is 18.5 Å². The fraction of sp³-hybridized carbons (Fsp3) is 0.538. The number of nitrogen functional groups attached to an aromatic ring is 1. The maximum Gasteiger partial charge on any atom is 0.245 e. The van der Waals surface area contributed by atoms with E-state index in [1.54, 1.807) is 6.92 Å². The maximum atomic E-state index is 13.4. The molecule has 2 atom stereocenters. The Morgan fingerprint density at radius 1 is 1.52 bits per heavy atom. The molecule has 0 saturated carbocycles. The highest BCUT2D eigenvalue weighted by atomic mass is 35.5. The van der Waals surface area contributed by atoms with Crippen LogP contribution in [0.2, 0.25) is 5.02 Å². The number of rotatable bonds is 3. The molecule has 1 aromatic carbocycles. The van der Waals surface area contributed by atoms with E-state index in [0.29, 0.717) is 13.0 Å². The van der Waals surface area contributed by atoms with Gasteiger partial charge in [0, 0.05) is 12.6 Å². The van der Waals surface area contributed by atoms with Gasteiger partial charge in [-0.3, -0.25) is 0 Å². The molecule has 21 heavy (non-hydrogen) atoms. The van der Waals surface area contributed by atoms with E-state index in [0.717, 1.165) is 12.1 Å². The second kappa shape index (κ2) is 6.08. The molecule has 1 fully saturated rings. The number of anilines is 1. The van der Waals surface area contributed by atoms with Gasteiger partial charge in [0.25, 0.3) is 0 Å². The van der Waals surface area contributed by atoms with Crippen LogP contribution in [0.1, 0.15) is 20.3 Å². The minimum Gasteiger partial charge on any atom is -0.396 e. The molecule has 0 bridgehead atoms. The third kappa shape index (κ3) is 3.15. The minimum atomic E-state index is -3.85.